The van der Waals surface area contributed by atoms with E-state index in [1.165, 1.54) is 25.7 Å². The van der Waals surface area contributed by atoms with Crippen LogP contribution in [0.2, 0.25) is 0 Å². The van der Waals surface area contributed by atoms with Crippen LogP contribution in [0.25, 0.3) is 0 Å². The SMILES string of the molecule is c1ccc2c(c1)C1CCC2N1C1CC1. The zero-order chi connectivity index (χ0) is 9.12. The quantitative estimate of drug-likeness (QED) is 0.650. The summed E-state index contributed by atoms with van der Waals surface area (Å²) >= 11 is 0. The smallest absolute Gasteiger partial charge is 0.0361 e. The molecule has 1 aromatic carbocycles. The maximum absolute atomic E-state index is 2.80. The predicted molar refractivity (Wildman–Crippen MR) is 56.0 cm³/mol. The molecule has 0 amide bonds. The molecule has 14 heavy (non-hydrogen) atoms. The van der Waals surface area contributed by atoms with Crippen LogP contribution in [0.4, 0.5) is 0 Å². The highest BCUT2D eigenvalue weighted by Crippen LogP contribution is 2.56. The van der Waals surface area contributed by atoms with Gasteiger partial charge in [-0.1, -0.05) is 24.3 Å². The number of hydrogen-bond donors (Lipinski definition) is 0. The van der Waals surface area contributed by atoms with Crippen LogP contribution < -0.4 is 0 Å². The topological polar surface area (TPSA) is 3.24 Å². The minimum absolute atomic E-state index is 0.781. The van der Waals surface area contributed by atoms with Crippen molar-refractivity contribution in [2.45, 2.75) is 43.8 Å². The summed E-state index contributed by atoms with van der Waals surface area (Å²) in [6.07, 6.45) is 5.69. The Hall–Kier alpha value is -0.820. The van der Waals surface area contributed by atoms with Gasteiger partial charge < -0.3 is 0 Å². The van der Waals surface area contributed by atoms with E-state index in [-0.39, 0.29) is 0 Å². The minimum atomic E-state index is 0.781. The van der Waals surface area contributed by atoms with E-state index < -0.39 is 0 Å². The second-order valence-corrected chi connectivity index (χ2v) is 4.92. The molecule has 1 aliphatic carbocycles. The molecule has 2 aliphatic heterocycles. The van der Waals surface area contributed by atoms with Gasteiger partial charge in [-0.15, -0.1) is 0 Å². The van der Waals surface area contributed by atoms with Crippen molar-refractivity contribution in [1.29, 1.82) is 0 Å². The molecule has 1 saturated heterocycles. The van der Waals surface area contributed by atoms with Crippen molar-refractivity contribution in [3.05, 3.63) is 35.4 Å². The van der Waals surface area contributed by atoms with Gasteiger partial charge in [0.2, 0.25) is 0 Å². The van der Waals surface area contributed by atoms with Gasteiger partial charge in [0.05, 0.1) is 0 Å². The van der Waals surface area contributed by atoms with Gasteiger partial charge in [-0.25, -0.2) is 0 Å². The van der Waals surface area contributed by atoms with E-state index in [1.54, 1.807) is 11.1 Å². The Morgan fingerprint density at radius 1 is 0.857 bits per heavy atom. The van der Waals surface area contributed by atoms with Gasteiger partial charge in [-0.3, -0.25) is 4.90 Å². The molecule has 1 heteroatoms. The fourth-order valence-electron chi connectivity index (χ4n) is 3.46. The minimum Gasteiger partial charge on any atom is -0.286 e. The third-order valence-electron chi connectivity index (χ3n) is 4.12. The van der Waals surface area contributed by atoms with E-state index in [0.29, 0.717) is 0 Å². The Labute approximate surface area is 84.7 Å². The monoisotopic (exact) mass is 185 g/mol. The van der Waals surface area contributed by atoms with E-state index in [2.05, 4.69) is 29.2 Å². The number of rotatable bonds is 1. The zero-order valence-corrected chi connectivity index (χ0v) is 8.32. The first kappa shape index (κ1) is 7.47. The van der Waals surface area contributed by atoms with Crippen LogP contribution in [-0.4, -0.2) is 10.9 Å². The first-order valence-electron chi connectivity index (χ1n) is 5.81. The van der Waals surface area contributed by atoms with Crippen molar-refractivity contribution in [2.75, 3.05) is 0 Å². The molecule has 0 radical (unpaired) electrons. The predicted octanol–water partition coefficient (Wildman–Crippen LogP) is 3.04. The van der Waals surface area contributed by atoms with E-state index in [9.17, 15) is 0 Å². The lowest BCUT2D eigenvalue weighted by Gasteiger charge is -2.21. The molecule has 4 rings (SSSR count). The average molecular weight is 185 g/mol. The average Bonchev–Trinajstić information content (AvgIpc) is 2.93. The highest BCUT2D eigenvalue weighted by atomic mass is 15.3. The largest absolute Gasteiger partial charge is 0.286 e. The first-order chi connectivity index (χ1) is 6.95. The fourth-order valence-corrected chi connectivity index (χ4v) is 3.46. The maximum Gasteiger partial charge on any atom is 0.0361 e. The molecule has 0 N–H and O–H groups in total. The third kappa shape index (κ3) is 0.795. The summed E-state index contributed by atoms with van der Waals surface area (Å²) < 4.78 is 0. The lowest BCUT2D eigenvalue weighted by Crippen LogP contribution is -2.21. The number of nitrogens with zero attached hydrogens (tertiary/aromatic N) is 1. The molecular formula is C13H15N. The van der Waals surface area contributed by atoms with E-state index in [0.717, 1.165) is 18.1 Å². The normalized spacial score (nSPS) is 34.9. The van der Waals surface area contributed by atoms with E-state index in [1.807, 2.05) is 0 Å². The Bertz CT molecular complexity index is 350. The summed E-state index contributed by atoms with van der Waals surface area (Å²) in [5.41, 5.74) is 3.27. The van der Waals surface area contributed by atoms with Gasteiger partial charge in [0, 0.05) is 18.1 Å². The summed E-state index contributed by atoms with van der Waals surface area (Å²) in [4.78, 5) is 2.80. The van der Waals surface area contributed by atoms with Crippen molar-refractivity contribution in [3.63, 3.8) is 0 Å². The van der Waals surface area contributed by atoms with Crippen molar-refractivity contribution in [3.8, 4) is 0 Å². The molecule has 2 heterocycles. The van der Waals surface area contributed by atoms with Crippen LogP contribution in [0.3, 0.4) is 0 Å². The molecule has 1 nitrogen and oxygen atoms in total. The Morgan fingerprint density at radius 3 is 1.93 bits per heavy atom. The van der Waals surface area contributed by atoms with Crippen molar-refractivity contribution >= 4 is 0 Å². The van der Waals surface area contributed by atoms with E-state index >= 15 is 0 Å². The summed E-state index contributed by atoms with van der Waals surface area (Å²) in [6.45, 7) is 0. The fraction of sp³-hybridized carbons (Fsp3) is 0.538. The van der Waals surface area contributed by atoms with Gasteiger partial charge in [-0.05, 0) is 36.8 Å². The maximum atomic E-state index is 2.80. The van der Waals surface area contributed by atoms with Gasteiger partial charge in [0.15, 0.2) is 0 Å². The highest BCUT2D eigenvalue weighted by Gasteiger charge is 2.49. The highest BCUT2D eigenvalue weighted by molar-refractivity contribution is 5.40. The molecule has 2 atom stereocenters. The summed E-state index contributed by atoms with van der Waals surface area (Å²) in [5, 5.41) is 0. The molecule has 0 spiro atoms. The standard InChI is InChI=1S/C13H15N/c1-2-4-11-10(3-1)12-7-8-13(11)14(12)9-5-6-9/h1-4,9,12-13H,5-8H2. The molecule has 3 aliphatic rings. The Morgan fingerprint density at radius 2 is 1.43 bits per heavy atom. The van der Waals surface area contributed by atoms with Crippen LogP contribution in [0.1, 0.15) is 48.9 Å². The molecule has 72 valence electrons. The lowest BCUT2D eigenvalue weighted by atomic mass is 9.92. The summed E-state index contributed by atoms with van der Waals surface area (Å²) in [5.74, 6) is 0. The second kappa shape index (κ2) is 2.40. The van der Waals surface area contributed by atoms with Crippen LogP contribution in [-0.2, 0) is 0 Å². The van der Waals surface area contributed by atoms with Gasteiger partial charge in [0.1, 0.15) is 0 Å². The number of fused-ring (bicyclic) bond motifs is 5. The molecular weight excluding hydrogens is 170 g/mol. The van der Waals surface area contributed by atoms with Crippen LogP contribution >= 0.6 is 0 Å². The third-order valence-corrected chi connectivity index (χ3v) is 4.12. The van der Waals surface area contributed by atoms with E-state index in [4.69, 9.17) is 0 Å². The molecule has 1 aromatic rings. The second-order valence-electron chi connectivity index (χ2n) is 4.92. The molecule has 2 unspecified atom stereocenters. The van der Waals surface area contributed by atoms with Crippen molar-refractivity contribution < 1.29 is 0 Å². The van der Waals surface area contributed by atoms with Crippen LogP contribution in [0, 0.1) is 0 Å². The van der Waals surface area contributed by atoms with Crippen molar-refractivity contribution in [2.24, 2.45) is 0 Å². The molecule has 0 aromatic heterocycles. The van der Waals surface area contributed by atoms with Crippen LogP contribution in [0.5, 0.6) is 0 Å². The molecule has 1 saturated carbocycles. The molecule has 2 bridgehead atoms. The lowest BCUT2D eigenvalue weighted by molar-refractivity contribution is 0.212. The number of benzene rings is 1. The summed E-state index contributed by atoms with van der Waals surface area (Å²) in [6, 6.07) is 11.6. The Kier molecular flexibility index (Phi) is 1.28. The summed E-state index contributed by atoms with van der Waals surface area (Å²) in [7, 11) is 0. The van der Waals surface area contributed by atoms with Gasteiger partial charge >= 0.3 is 0 Å². The first-order valence-corrected chi connectivity index (χ1v) is 5.81. The Balaban J connectivity index is 1.85. The van der Waals surface area contributed by atoms with Gasteiger partial charge in [0.25, 0.3) is 0 Å². The zero-order valence-electron chi connectivity index (χ0n) is 8.32. The number of hydrogen-bond acceptors (Lipinski definition) is 1. The van der Waals surface area contributed by atoms with Gasteiger partial charge in [-0.2, -0.15) is 0 Å². The van der Waals surface area contributed by atoms with Crippen LogP contribution in [0.15, 0.2) is 24.3 Å². The van der Waals surface area contributed by atoms with Crippen molar-refractivity contribution in [1.82, 2.24) is 4.90 Å². The molecule has 2 fully saturated rings.